The summed E-state index contributed by atoms with van der Waals surface area (Å²) in [5.74, 6) is 0.278. The summed E-state index contributed by atoms with van der Waals surface area (Å²) >= 11 is 0. The minimum absolute atomic E-state index is 0.194. The topological polar surface area (TPSA) is 109 Å². The zero-order valence-corrected chi connectivity index (χ0v) is 17.5. The molecule has 7 heteroatoms. The van der Waals surface area contributed by atoms with Crippen LogP contribution >= 0.6 is 0 Å². The SMILES string of the molecule is Cc1cccc(NC(=O)c2ccccc2N2C(N)=NC(N)=NC23CCCCC3)c1C. The van der Waals surface area contributed by atoms with E-state index in [1.54, 1.807) is 6.07 Å². The Morgan fingerprint density at radius 1 is 1.03 bits per heavy atom. The first-order valence-electron chi connectivity index (χ1n) is 10.4. The molecule has 0 aromatic heterocycles. The predicted octanol–water partition coefficient (Wildman–Crippen LogP) is 3.67. The van der Waals surface area contributed by atoms with Gasteiger partial charge in [-0.1, -0.05) is 30.7 Å². The number of amides is 1. The van der Waals surface area contributed by atoms with Gasteiger partial charge in [-0.2, -0.15) is 4.99 Å². The molecule has 5 N–H and O–H groups in total. The molecule has 1 amide bonds. The quantitative estimate of drug-likeness (QED) is 0.725. The lowest BCUT2D eigenvalue weighted by molar-refractivity contribution is 0.102. The van der Waals surface area contributed by atoms with Crippen molar-refractivity contribution in [3.63, 3.8) is 0 Å². The summed E-state index contributed by atoms with van der Waals surface area (Å²) in [6.07, 6.45) is 4.83. The summed E-state index contributed by atoms with van der Waals surface area (Å²) in [6.45, 7) is 4.03. The van der Waals surface area contributed by atoms with Gasteiger partial charge in [-0.3, -0.25) is 9.69 Å². The second-order valence-corrected chi connectivity index (χ2v) is 8.04. The van der Waals surface area contributed by atoms with E-state index in [1.165, 1.54) is 0 Å². The monoisotopic (exact) mass is 404 g/mol. The number of nitrogens with one attached hydrogen (secondary N) is 1. The third-order valence-corrected chi connectivity index (χ3v) is 6.09. The minimum Gasteiger partial charge on any atom is -0.369 e. The highest BCUT2D eigenvalue weighted by atomic mass is 16.1. The van der Waals surface area contributed by atoms with Gasteiger partial charge in [0.15, 0.2) is 0 Å². The highest BCUT2D eigenvalue weighted by Gasteiger charge is 2.43. The summed E-state index contributed by atoms with van der Waals surface area (Å²) in [7, 11) is 0. The van der Waals surface area contributed by atoms with E-state index < -0.39 is 5.66 Å². The molecule has 1 aliphatic carbocycles. The summed E-state index contributed by atoms with van der Waals surface area (Å²) in [5, 5.41) is 3.05. The average molecular weight is 405 g/mol. The van der Waals surface area contributed by atoms with E-state index in [9.17, 15) is 4.79 Å². The number of carbonyl (C=O) groups excluding carboxylic acids is 1. The number of nitrogens with zero attached hydrogens (tertiary/aromatic N) is 3. The van der Waals surface area contributed by atoms with Crippen molar-refractivity contribution in [2.75, 3.05) is 10.2 Å². The van der Waals surface area contributed by atoms with Crippen molar-refractivity contribution >= 4 is 29.2 Å². The smallest absolute Gasteiger partial charge is 0.257 e. The van der Waals surface area contributed by atoms with Gasteiger partial charge in [0.1, 0.15) is 5.66 Å². The zero-order chi connectivity index (χ0) is 21.3. The molecule has 1 saturated carbocycles. The van der Waals surface area contributed by atoms with Gasteiger partial charge in [-0.15, -0.1) is 0 Å². The molecular weight excluding hydrogens is 376 g/mol. The van der Waals surface area contributed by atoms with E-state index in [2.05, 4.69) is 10.3 Å². The highest BCUT2D eigenvalue weighted by molar-refractivity contribution is 6.13. The molecule has 2 aromatic carbocycles. The maximum absolute atomic E-state index is 13.3. The number of anilines is 2. The summed E-state index contributed by atoms with van der Waals surface area (Å²) in [4.78, 5) is 24.1. The van der Waals surface area contributed by atoms with E-state index >= 15 is 0 Å². The van der Waals surface area contributed by atoms with Crippen LogP contribution in [0.3, 0.4) is 0 Å². The fourth-order valence-electron chi connectivity index (χ4n) is 4.41. The van der Waals surface area contributed by atoms with Crippen LogP contribution in [0.1, 0.15) is 53.6 Å². The van der Waals surface area contributed by atoms with Gasteiger partial charge in [0.25, 0.3) is 5.91 Å². The molecule has 1 fully saturated rings. The molecule has 7 nitrogen and oxygen atoms in total. The van der Waals surface area contributed by atoms with Gasteiger partial charge < -0.3 is 16.8 Å². The highest BCUT2D eigenvalue weighted by Crippen LogP contribution is 2.40. The molecule has 156 valence electrons. The lowest BCUT2D eigenvalue weighted by atomic mass is 9.87. The zero-order valence-electron chi connectivity index (χ0n) is 17.5. The minimum atomic E-state index is -0.593. The number of hydrogen-bond donors (Lipinski definition) is 3. The van der Waals surface area contributed by atoms with Gasteiger partial charge >= 0.3 is 0 Å². The van der Waals surface area contributed by atoms with Crippen LogP contribution in [-0.4, -0.2) is 23.5 Å². The molecule has 2 aromatic rings. The maximum Gasteiger partial charge on any atom is 0.257 e. The molecule has 30 heavy (non-hydrogen) atoms. The van der Waals surface area contributed by atoms with Gasteiger partial charge in [-0.05, 0) is 68.9 Å². The third-order valence-electron chi connectivity index (χ3n) is 6.09. The van der Waals surface area contributed by atoms with Crippen molar-refractivity contribution in [3.05, 3.63) is 59.2 Å². The Morgan fingerprint density at radius 2 is 1.77 bits per heavy atom. The van der Waals surface area contributed by atoms with Crippen molar-refractivity contribution in [2.45, 2.75) is 51.6 Å². The van der Waals surface area contributed by atoms with Crippen LogP contribution in [0, 0.1) is 13.8 Å². The van der Waals surface area contributed by atoms with E-state index in [1.807, 2.05) is 55.1 Å². The number of aliphatic imine (C=N–C) groups is 2. The molecule has 1 spiro atoms. The molecule has 0 radical (unpaired) electrons. The van der Waals surface area contributed by atoms with Gasteiger partial charge in [0, 0.05) is 5.69 Å². The number of benzene rings is 2. The number of carbonyl (C=O) groups is 1. The molecule has 0 bridgehead atoms. The molecule has 1 aliphatic heterocycles. The summed E-state index contributed by atoms with van der Waals surface area (Å²) in [5.41, 5.74) is 15.9. The fourth-order valence-corrected chi connectivity index (χ4v) is 4.41. The number of guanidine groups is 2. The lowest BCUT2D eigenvalue weighted by Crippen LogP contribution is -2.58. The van der Waals surface area contributed by atoms with E-state index in [4.69, 9.17) is 16.5 Å². The number of aryl methyl sites for hydroxylation is 1. The van der Waals surface area contributed by atoms with Crippen LogP contribution in [0.5, 0.6) is 0 Å². The summed E-state index contributed by atoms with van der Waals surface area (Å²) < 4.78 is 0. The van der Waals surface area contributed by atoms with E-state index in [0.29, 0.717) is 11.3 Å². The van der Waals surface area contributed by atoms with Crippen molar-refractivity contribution in [2.24, 2.45) is 21.5 Å². The van der Waals surface area contributed by atoms with Crippen LogP contribution < -0.4 is 21.7 Å². The number of rotatable bonds is 3. The predicted molar refractivity (Wildman–Crippen MR) is 122 cm³/mol. The second-order valence-electron chi connectivity index (χ2n) is 8.04. The second kappa shape index (κ2) is 7.82. The Kier molecular flexibility index (Phi) is 5.20. The van der Waals surface area contributed by atoms with E-state index in [0.717, 1.165) is 48.9 Å². The molecule has 0 atom stereocenters. The average Bonchev–Trinajstić information content (AvgIpc) is 2.71. The normalized spacial score (nSPS) is 18.0. The van der Waals surface area contributed by atoms with Crippen molar-refractivity contribution < 1.29 is 4.79 Å². The lowest BCUT2D eigenvalue weighted by Gasteiger charge is -2.46. The Balaban J connectivity index is 1.74. The Bertz CT molecular complexity index is 1040. The molecule has 2 aliphatic rings. The summed E-state index contributed by atoms with van der Waals surface area (Å²) in [6, 6.07) is 13.3. The fraction of sp³-hybridized carbons (Fsp3) is 0.348. The van der Waals surface area contributed by atoms with Crippen LogP contribution in [0.2, 0.25) is 0 Å². The number of nitrogens with two attached hydrogens (primary N) is 2. The third kappa shape index (κ3) is 3.51. The Hall–Kier alpha value is -3.35. The van der Waals surface area contributed by atoms with Crippen LogP contribution in [0.4, 0.5) is 11.4 Å². The molecule has 4 rings (SSSR count). The first kappa shape index (κ1) is 19.9. The standard InChI is InChI=1S/C23H28N6O/c1-15-9-8-11-18(16(15)2)26-20(30)17-10-4-5-12-19(17)29-22(25)27-21(24)28-23(29)13-6-3-7-14-23/h4-5,8-12H,3,6-7,13-14H2,1-2H3,(H,26,30)(H4,24,25,27,28). The van der Waals surface area contributed by atoms with Crippen LogP contribution in [0.25, 0.3) is 0 Å². The first-order valence-corrected chi connectivity index (χ1v) is 10.4. The molecule has 0 unspecified atom stereocenters. The largest absolute Gasteiger partial charge is 0.369 e. The number of hydrogen-bond acceptors (Lipinski definition) is 6. The molecule has 0 saturated heterocycles. The van der Waals surface area contributed by atoms with Gasteiger partial charge in [0.2, 0.25) is 11.9 Å². The van der Waals surface area contributed by atoms with Gasteiger partial charge in [-0.25, -0.2) is 4.99 Å². The van der Waals surface area contributed by atoms with Crippen molar-refractivity contribution in [1.29, 1.82) is 0 Å². The molecular formula is C23H28N6O. The van der Waals surface area contributed by atoms with Crippen LogP contribution in [0.15, 0.2) is 52.4 Å². The van der Waals surface area contributed by atoms with Crippen molar-refractivity contribution in [3.8, 4) is 0 Å². The van der Waals surface area contributed by atoms with Crippen LogP contribution in [-0.2, 0) is 0 Å². The van der Waals surface area contributed by atoms with E-state index in [-0.39, 0.29) is 17.8 Å². The molecule has 1 heterocycles. The first-order chi connectivity index (χ1) is 14.4. The maximum atomic E-state index is 13.3. The van der Waals surface area contributed by atoms with Crippen molar-refractivity contribution in [1.82, 2.24) is 0 Å². The number of para-hydroxylation sites is 1. The Labute approximate surface area is 176 Å². The Morgan fingerprint density at radius 3 is 2.53 bits per heavy atom. The van der Waals surface area contributed by atoms with Gasteiger partial charge in [0.05, 0.1) is 11.3 Å².